The van der Waals surface area contributed by atoms with E-state index in [1.807, 2.05) is 12.1 Å². The summed E-state index contributed by atoms with van der Waals surface area (Å²) in [5.74, 6) is 0.0281. The maximum absolute atomic E-state index is 12.3. The Morgan fingerprint density at radius 1 is 1.04 bits per heavy atom. The van der Waals surface area contributed by atoms with Gasteiger partial charge < -0.3 is 10.6 Å². The summed E-state index contributed by atoms with van der Waals surface area (Å²) < 4.78 is 0. The molecule has 136 valence electrons. The predicted molar refractivity (Wildman–Crippen MR) is 102 cm³/mol. The normalized spacial score (nSPS) is 16.2. The van der Waals surface area contributed by atoms with Crippen LogP contribution in [0.25, 0.3) is 0 Å². The number of amides is 1. The van der Waals surface area contributed by atoms with E-state index in [9.17, 15) is 9.59 Å². The molecule has 0 aromatic heterocycles. The van der Waals surface area contributed by atoms with Gasteiger partial charge in [0, 0.05) is 31.5 Å². The number of Topliss-reactive ketones (excluding diaryl/α,β-unsaturated/α-hetero) is 1. The van der Waals surface area contributed by atoms with Crippen molar-refractivity contribution in [1.82, 2.24) is 10.6 Å². The average Bonchev–Trinajstić information content (AvgIpc) is 2.65. The van der Waals surface area contributed by atoms with E-state index in [4.69, 9.17) is 0 Å². The summed E-state index contributed by atoms with van der Waals surface area (Å²) >= 11 is 0. The zero-order chi connectivity index (χ0) is 16.8. The Kier molecular flexibility index (Phi) is 7.66. The molecule has 0 atom stereocenters. The molecule has 1 aliphatic heterocycles. The lowest BCUT2D eigenvalue weighted by Crippen LogP contribution is -2.29. The zero-order valence-corrected chi connectivity index (χ0v) is 15.4. The van der Waals surface area contributed by atoms with Gasteiger partial charge in [0.1, 0.15) is 0 Å². The van der Waals surface area contributed by atoms with Crippen molar-refractivity contribution in [3.63, 3.8) is 0 Å². The highest BCUT2D eigenvalue weighted by molar-refractivity contribution is 5.98. The summed E-state index contributed by atoms with van der Waals surface area (Å²) in [5, 5.41) is 6.17. The van der Waals surface area contributed by atoms with Crippen molar-refractivity contribution in [1.29, 1.82) is 0 Å². The van der Waals surface area contributed by atoms with Gasteiger partial charge in [0.05, 0.1) is 0 Å². The lowest BCUT2D eigenvalue weighted by molar-refractivity contribution is -0.120. The minimum absolute atomic E-state index is 0. The number of hydrogen-bond donors (Lipinski definition) is 2. The first-order valence-electron chi connectivity index (χ1n) is 9.03. The fourth-order valence-corrected chi connectivity index (χ4v) is 3.41. The molecule has 4 nitrogen and oxygen atoms in total. The molecule has 0 bridgehead atoms. The molecule has 25 heavy (non-hydrogen) atoms. The van der Waals surface area contributed by atoms with E-state index in [-0.39, 0.29) is 36.9 Å². The van der Waals surface area contributed by atoms with Crippen molar-refractivity contribution in [3.05, 3.63) is 46.5 Å². The summed E-state index contributed by atoms with van der Waals surface area (Å²) in [6.07, 6.45) is 8.30. The minimum atomic E-state index is -0.0410. The predicted octanol–water partition coefficient (Wildman–Crippen LogP) is 2.99. The number of halogens is 1. The molecule has 0 unspecified atom stereocenters. The van der Waals surface area contributed by atoms with Crippen LogP contribution in [0.15, 0.2) is 29.8 Å². The monoisotopic (exact) mass is 362 g/mol. The standard InChI is InChI=1S/C20H26N2O2.ClH/c23-19(18-6-5-16-3-1-2-4-17(16)13-18)7-8-20(24)22-14-15-9-11-21-12-10-15;/h5-6,9,13,21H,1-4,7-8,10-12,14H2,(H,22,24);1H. The van der Waals surface area contributed by atoms with Crippen molar-refractivity contribution >= 4 is 24.1 Å². The van der Waals surface area contributed by atoms with Crippen LogP contribution >= 0.6 is 12.4 Å². The molecule has 5 heteroatoms. The largest absolute Gasteiger partial charge is 0.352 e. The van der Waals surface area contributed by atoms with Crippen molar-refractivity contribution in [2.45, 2.75) is 44.9 Å². The van der Waals surface area contributed by atoms with Crippen LogP contribution in [0, 0.1) is 0 Å². The molecule has 0 saturated carbocycles. The Bertz CT molecular complexity index is 655. The number of rotatable bonds is 6. The molecule has 0 radical (unpaired) electrons. The first-order chi connectivity index (χ1) is 11.7. The molecule has 2 aliphatic rings. The van der Waals surface area contributed by atoms with E-state index in [1.165, 1.54) is 29.5 Å². The fraction of sp³-hybridized carbons (Fsp3) is 0.500. The highest BCUT2D eigenvalue weighted by Crippen LogP contribution is 2.22. The minimum Gasteiger partial charge on any atom is -0.352 e. The van der Waals surface area contributed by atoms with Gasteiger partial charge in [0.15, 0.2) is 5.78 Å². The third-order valence-electron chi connectivity index (χ3n) is 4.92. The Morgan fingerprint density at radius 3 is 2.60 bits per heavy atom. The molecule has 1 amide bonds. The number of ketones is 1. The van der Waals surface area contributed by atoms with Gasteiger partial charge >= 0.3 is 0 Å². The van der Waals surface area contributed by atoms with Crippen LogP contribution in [-0.2, 0) is 17.6 Å². The third-order valence-corrected chi connectivity index (χ3v) is 4.92. The molecular formula is C20H27ClN2O2. The number of nitrogens with one attached hydrogen (secondary N) is 2. The van der Waals surface area contributed by atoms with Gasteiger partial charge in [0.25, 0.3) is 0 Å². The second-order valence-electron chi connectivity index (χ2n) is 6.71. The number of hydrogen-bond acceptors (Lipinski definition) is 3. The zero-order valence-electron chi connectivity index (χ0n) is 14.6. The summed E-state index contributed by atoms with van der Waals surface area (Å²) in [7, 11) is 0. The average molecular weight is 363 g/mol. The number of aryl methyl sites for hydroxylation is 2. The second-order valence-corrected chi connectivity index (χ2v) is 6.71. The molecule has 1 aliphatic carbocycles. The van der Waals surface area contributed by atoms with Crippen LogP contribution in [0.4, 0.5) is 0 Å². The highest BCUT2D eigenvalue weighted by Gasteiger charge is 2.14. The lowest BCUT2D eigenvalue weighted by atomic mass is 9.89. The van der Waals surface area contributed by atoms with E-state index in [0.717, 1.165) is 37.9 Å². The number of carbonyl (C=O) groups is 2. The van der Waals surface area contributed by atoms with Gasteiger partial charge in [-0.2, -0.15) is 0 Å². The summed E-state index contributed by atoms with van der Waals surface area (Å²) in [6.45, 7) is 2.45. The number of benzene rings is 1. The Labute approximate surface area is 155 Å². The van der Waals surface area contributed by atoms with Crippen molar-refractivity contribution in [3.8, 4) is 0 Å². The molecule has 2 N–H and O–H groups in total. The Balaban J connectivity index is 0.00000225. The van der Waals surface area contributed by atoms with Crippen molar-refractivity contribution in [2.24, 2.45) is 0 Å². The molecular weight excluding hydrogens is 336 g/mol. The van der Waals surface area contributed by atoms with Crippen molar-refractivity contribution in [2.75, 3.05) is 19.6 Å². The topological polar surface area (TPSA) is 58.2 Å². The van der Waals surface area contributed by atoms with Gasteiger partial charge in [-0.25, -0.2) is 0 Å². The van der Waals surface area contributed by atoms with E-state index in [2.05, 4.69) is 22.8 Å². The second kappa shape index (κ2) is 9.73. The molecule has 1 aromatic rings. The molecule has 1 heterocycles. The first kappa shape index (κ1) is 19.7. The van der Waals surface area contributed by atoms with Gasteiger partial charge in [-0.05, 0) is 55.8 Å². The Morgan fingerprint density at radius 2 is 1.84 bits per heavy atom. The number of fused-ring (bicyclic) bond motifs is 1. The molecule has 0 saturated heterocycles. The third kappa shape index (κ3) is 5.68. The van der Waals surface area contributed by atoms with Gasteiger partial charge in [-0.3, -0.25) is 9.59 Å². The van der Waals surface area contributed by atoms with Crippen LogP contribution in [0.3, 0.4) is 0 Å². The van der Waals surface area contributed by atoms with E-state index < -0.39 is 0 Å². The SMILES string of the molecule is Cl.O=C(CCC(=O)c1ccc2c(c1)CCCC2)NCC1=CCNCC1. The molecule has 1 aromatic carbocycles. The van der Waals surface area contributed by atoms with Gasteiger partial charge in [0.2, 0.25) is 5.91 Å². The number of carbonyl (C=O) groups excluding carboxylic acids is 2. The fourth-order valence-electron chi connectivity index (χ4n) is 3.41. The molecule has 0 fully saturated rings. The maximum Gasteiger partial charge on any atom is 0.220 e. The van der Waals surface area contributed by atoms with Crippen LogP contribution in [0.1, 0.15) is 53.6 Å². The quantitative estimate of drug-likeness (QED) is 0.604. The van der Waals surface area contributed by atoms with Gasteiger partial charge in [-0.1, -0.05) is 23.8 Å². The summed E-state index contributed by atoms with van der Waals surface area (Å²) in [4.78, 5) is 24.3. The van der Waals surface area contributed by atoms with E-state index >= 15 is 0 Å². The summed E-state index contributed by atoms with van der Waals surface area (Å²) in [6, 6.07) is 6.05. The Hall–Kier alpha value is -1.65. The van der Waals surface area contributed by atoms with Crippen molar-refractivity contribution < 1.29 is 9.59 Å². The molecule has 3 rings (SSSR count). The van der Waals surface area contributed by atoms with Gasteiger partial charge in [-0.15, -0.1) is 12.4 Å². The highest BCUT2D eigenvalue weighted by atomic mass is 35.5. The van der Waals surface area contributed by atoms with Crippen LogP contribution in [-0.4, -0.2) is 31.3 Å². The van der Waals surface area contributed by atoms with E-state index in [0.29, 0.717) is 6.54 Å². The smallest absolute Gasteiger partial charge is 0.220 e. The first-order valence-corrected chi connectivity index (χ1v) is 9.03. The van der Waals surface area contributed by atoms with Crippen LogP contribution in [0.2, 0.25) is 0 Å². The van der Waals surface area contributed by atoms with Crippen LogP contribution < -0.4 is 10.6 Å². The summed E-state index contributed by atoms with van der Waals surface area (Å²) in [5.41, 5.74) is 4.72. The lowest BCUT2D eigenvalue weighted by Gasteiger charge is -2.16. The maximum atomic E-state index is 12.3. The van der Waals surface area contributed by atoms with E-state index in [1.54, 1.807) is 0 Å². The van der Waals surface area contributed by atoms with Crippen LogP contribution in [0.5, 0.6) is 0 Å². The molecule has 0 spiro atoms.